The summed E-state index contributed by atoms with van der Waals surface area (Å²) < 4.78 is 0. The quantitative estimate of drug-likeness (QED) is 0.677. The van der Waals surface area contributed by atoms with Gasteiger partial charge >= 0.3 is 0 Å². The zero-order chi connectivity index (χ0) is 11.8. The van der Waals surface area contributed by atoms with Crippen LogP contribution in [0.1, 0.15) is 32.3 Å². The zero-order valence-corrected chi connectivity index (χ0v) is 10.9. The summed E-state index contributed by atoms with van der Waals surface area (Å²) in [6.45, 7) is 6.90. The van der Waals surface area contributed by atoms with E-state index in [4.69, 9.17) is 0 Å². The molecule has 1 aromatic rings. The van der Waals surface area contributed by atoms with E-state index in [0.29, 0.717) is 0 Å². The Morgan fingerprint density at radius 2 is 1.81 bits per heavy atom. The number of benzene rings is 1. The van der Waals surface area contributed by atoms with E-state index in [1.807, 2.05) is 0 Å². The maximum absolute atomic E-state index is 2.40. The van der Waals surface area contributed by atoms with Crippen molar-refractivity contribution in [2.75, 3.05) is 20.1 Å². The van der Waals surface area contributed by atoms with Crippen LogP contribution in [0.4, 0.5) is 0 Å². The Hall–Kier alpha value is -0.820. The molecule has 1 unspecified atom stereocenters. The van der Waals surface area contributed by atoms with Crippen LogP contribution in [0.2, 0.25) is 0 Å². The topological polar surface area (TPSA) is 3.24 Å². The van der Waals surface area contributed by atoms with Gasteiger partial charge in [-0.15, -0.1) is 0 Å². The first-order chi connectivity index (χ1) is 7.76. The van der Waals surface area contributed by atoms with Crippen molar-refractivity contribution in [1.29, 1.82) is 0 Å². The summed E-state index contributed by atoms with van der Waals surface area (Å²) >= 11 is 0. The highest BCUT2D eigenvalue weighted by atomic mass is 15.1. The number of hydrogen-bond acceptors (Lipinski definition) is 1. The molecule has 0 aliphatic carbocycles. The Morgan fingerprint density at radius 3 is 2.38 bits per heavy atom. The second-order valence-corrected chi connectivity index (χ2v) is 4.65. The first kappa shape index (κ1) is 13.2. The summed E-state index contributed by atoms with van der Waals surface area (Å²) in [5.74, 6) is 0.830. The molecular formula is C15H25N. The monoisotopic (exact) mass is 219 g/mol. The van der Waals surface area contributed by atoms with Gasteiger partial charge in [0.15, 0.2) is 0 Å². The molecule has 0 amide bonds. The molecule has 1 heteroatoms. The van der Waals surface area contributed by atoms with E-state index >= 15 is 0 Å². The molecule has 0 saturated heterocycles. The second-order valence-electron chi connectivity index (χ2n) is 4.65. The molecule has 0 aliphatic heterocycles. The molecule has 1 nitrogen and oxygen atoms in total. The average molecular weight is 219 g/mol. The Balaban J connectivity index is 2.37. The standard InChI is InChI=1S/C15H25N/c1-4-14(11-12-16(3)5-2)13-15-9-7-6-8-10-15/h6-10,14H,4-5,11-13H2,1-3H3. The van der Waals surface area contributed by atoms with E-state index in [1.54, 1.807) is 0 Å². The molecule has 1 aromatic carbocycles. The lowest BCUT2D eigenvalue weighted by Gasteiger charge is -2.19. The van der Waals surface area contributed by atoms with Crippen LogP contribution in [-0.4, -0.2) is 25.0 Å². The van der Waals surface area contributed by atoms with Crippen molar-refractivity contribution in [3.8, 4) is 0 Å². The Labute approximate surface area is 100 Å². The van der Waals surface area contributed by atoms with Crippen molar-refractivity contribution < 1.29 is 0 Å². The summed E-state index contributed by atoms with van der Waals surface area (Å²) in [5.41, 5.74) is 1.48. The predicted molar refractivity (Wildman–Crippen MR) is 71.7 cm³/mol. The van der Waals surface area contributed by atoms with Gasteiger partial charge in [0.25, 0.3) is 0 Å². The molecule has 0 saturated carbocycles. The van der Waals surface area contributed by atoms with E-state index in [9.17, 15) is 0 Å². The first-order valence-electron chi connectivity index (χ1n) is 6.48. The van der Waals surface area contributed by atoms with Crippen LogP contribution in [0.5, 0.6) is 0 Å². The fourth-order valence-electron chi connectivity index (χ4n) is 1.96. The minimum Gasteiger partial charge on any atom is -0.307 e. The summed E-state index contributed by atoms with van der Waals surface area (Å²) in [6.07, 6.45) is 3.83. The lowest BCUT2D eigenvalue weighted by Crippen LogP contribution is -2.21. The summed E-state index contributed by atoms with van der Waals surface area (Å²) in [6, 6.07) is 10.9. The molecule has 1 rings (SSSR count). The van der Waals surface area contributed by atoms with Gasteiger partial charge in [0.05, 0.1) is 0 Å². The average Bonchev–Trinajstić information content (AvgIpc) is 2.35. The van der Waals surface area contributed by atoms with Crippen LogP contribution in [0.25, 0.3) is 0 Å². The van der Waals surface area contributed by atoms with Gasteiger partial charge in [-0.05, 0) is 44.5 Å². The van der Waals surface area contributed by atoms with Gasteiger partial charge < -0.3 is 4.90 Å². The van der Waals surface area contributed by atoms with Crippen molar-refractivity contribution >= 4 is 0 Å². The molecule has 0 heterocycles. The Morgan fingerprint density at radius 1 is 1.12 bits per heavy atom. The van der Waals surface area contributed by atoms with E-state index < -0.39 is 0 Å². The molecule has 0 fully saturated rings. The highest BCUT2D eigenvalue weighted by Crippen LogP contribution is 2.15. The molecule has 0 spiro atoms. The Kier molecular flexibility index (Phi) is 6.17. The van der Waals surface area contributed by atoms with Crippen LogP contribution < -0.4 is 0 Å². The van der Waals surface area contributed by atoms with E-state index in [0.717, 1.165) is 12.5 Å². The van der Waals surface area contributed by atoms with Crippen molar-refractivity contribution in [1.82, 2.24) is 4.90 Å². The van der Waals surface area contributed by atoms with E-state index in [1.165, 1.54) is 31.4 Å². The molecule has 0 radical (unpaired) electrons. The van der Waals surface area contributed by atoms with Crippen molar-refractivity contribution in [3.63, 3.8) is 0 Å². The lowest BCUT2D eigenvalue weighted by molar-refractivity contribution is 0.308. The number of hydrogen-bond donors (Lipinski definition) is 0. The van der Waals surface area contributed by atoms with Gasteiger partial charge in [-0.1, -0.05) is 50.6 Å². The molecule has 0 aromatic heterocycles. The SMILES string of the molecule is CCC(CCN(C)CC)Cc1ccccc1. The van der Waals surface area contributed by atoms with Crippen LogP contribution >= 0.6 is 0 Å². The van der Waals surface area contributed by atoms with Gasteiger partial charge in [0.2, 0.25) is 0 Å². The lowest BCUT2D eigenvalue weighted by atomic mass is 9.94. The normalized spacial score (nSPS) is 13.0. The molecule has 0 N–H and O–H groups in total. The third-order valence-corrected chi connectivity index (χ3v) is 3.40. The van der Waals surface area contributed by atoms with Gasteiger partial charge in [-0.3, -0.25) is 0 Å². The second kappa shape index (κ2) is 7.45. The number of nitrogens with zero attached hydrogens (tertiary/aromatic N) is 1. The van der Waals surface area contributed by atoms with Crippen molar-refractivity contribution in [3.05, 3.63) is 35.9 Å². The highest BCUT2D eigenvalue weighted by Gasteiger charge is 2.08. The number of rotatable bonds is 7. The molecule has 16 heavy (non-hydrogen) atoms. The fourth-order valence-corrected chi connectivity index (χ4v) is 1.96. The molecule has 0 bridgehead atoms. The van der Waals surface area contributed by atoms with Gasteiger partial charge in [-0.2, -0.15) is 0 Å². The van der Waals surface area contributed by atoms with Gasteiger partial charge in [0.1, 0.15) is 0 Å². The molecule has 1 atom stereocenters. The fraction of sp³-hybridized carbons (Fsp3) is 0.600. The van der Waals surface area contributed by atoms with E-state index in [-0.39, 0.29) is 0 Å². The first-order valence-corrected chi connectivity index (χ1v) is 6.48. The van der Waals surface area contributed by atoms with Crippen LogP contribution in [0.3, 0.4) is 0 Å². The minimum atomic E-state index is 0.830. The van der Waals surface area contributed by atoms with E-state index in [2.05, 4.69) is 56.1 Å². The van der Waals surface area contributed by atoms with Crippen molar-refractivity contribution in [2.45, 2.75) is 33.1 Å². The van der Waals surface area contributed by atoms with Crippen molar-refractivity contribution in [2.24, 2.45) is 5.92 Å². The summed E-state index contributed by atoms with van der Waals surface area (Å²) in [5, 5.41) is 0. The van der Waals surface area contributed by atoms with Crippen LogP contribution in [0.15, 0.2) is 30.3 Å². The van der Waals surface area contributed by atoms with Gasteiger partial charge in [-0.25, -0.2) is 0 Å². The summed E-state index contributed by atoms with van der Waals surface area (Å²) in [7, 11) is 2.20. The Bertz CT molecular complexity index is 268. The van der Waals surface area contributed by atoms with Crippen LogP contribution in [-0.2, 0) is 6.42 Å². The maximum atomic E-state index is 2.40. The highest BCUT2D eigenvalue weighted by molar-refractivity contribution is 5.15. The molecule has 0 aliphatic rings. The maximum Gasteiger partial charge on any atom is -0.00192 e. The third kappa shape index (κ3) is 4.80. The smallest absolute Gasteiger partial charge is 0.00192 e. The van der Waals surface area contributed by atoms with Gasteiger partial charge in [0, 0.05) is 0 Å². The minimum absolute atomic E-state index is 0.830. The predicted octanol–water partition coefficient (Wildman–Crippen LogP) is 3.60. The molecule has 90 valence electrons. The summed E-state index contributed by atoms with van der Waals surface area (Å²) in [4.78, 5) is 2.40. The van der Waals surface area contributed by atoms with Crippen LogP contribution in [0, 0.1) is 5.92 Å². The zero-order valence-electron chi connectivity index (χ0n) is 10.9. The third-order valence-electron chi connectivity index (χ3n) is 3.40. The molecular weight excluding hydrogens is 194 g/mol. The largest absolute Gasteiger partial charge is 0.307 e.